The van der Waals surface area contributed by atoms with Crippen LogP contribution in [-0.2, 0) is 67.5 Å². The summed E-state index contributed by atoms with van der Waals surface area (Å²) in [5.74, 6) is 17.1. The Morgan fingerprint density at radius 2 is 0.776 bits per heavy atom. The SMILES string of the molecule is COc1ccc2c(c1)C(=O)N(C[C@@]1(C#Cc3ccc(C(F)(F)F)cc3F)NC(=O)NC1=O)C2.COc1ccc2c(c1)C(=O)N(C[C@@]1(C#Cc3ccc(C(F)(F)F)s3)NC(=O)NC1=O)C2.COc1ccc2c(c1)C(=O)N(C[C@@]1(C#Cc3ccc(S(C)(=O)=O)s3)NC(=O)NC1=O)C2.COc1ccc2c(c1)C(=O)N(C[C@@]1(C#Cc3csc(C(F)F)c3)NC(=O)NC1=O)C2. The molecule has 16 amide bonds. The molecule has 8 aliphatic rings. The van der Waals surface area contributed by atoms with Crippen LogP contribution in [0.15, 0.2) is 131 Å². The van der Waals surface area contributed by atoms with Crippen LogP contribution in [0, 0.1) is 53.2 Å². The number of benzene rings is 5. The molecule has 0 saturated carbocycles. The number of hydrogen-bond donors (Lipinski definition) is 8. The van der Waals surface area contributed by atoms with E-state index in [0.29, 0.717) is 84.2 Å². The van der Waals surface area contributed by atoms with E-state index in [-0.39, 0.29) is 90.1 Å². The third-order valence-electron chi connectivity index (χ3n) is 19.9. The summed E-state index contributed by atoms with van der Waals surface area (Å²) in [6.45, 7) is -0.209. The second-order valence-electron chi connectivity index (χ2n) is 28.3. The zero-order valence-corrected chi connectivity index (χ0v) is 68.3. The zero-order chi connectivity index (χ0) is 90.2. The number of methoxy groups -OCH3 is 4. The van der Waals surface area contributed by atoms with Crippen LogP contribution in [0.5, 0.6) is 23.0 Å². The Labute approximate surface area is 713 Å². The first-order valence-electron chi connectivity index (χ1n) is 36.3. The Kier molecular flexibility index (Phi) is 24.4. The molecule has 0 aliphatic carbocycles. The summed E-state index contributed by atoms with van der Waals surface area (Å²) in [5.41, 5.74) is -3.78. The van der Waals surface area contributed by atoms with Gasteiger partial charge in [-0.1, -0.05) is 71.6 Å². The van der Waals surface area contributed by atoms with E-state index >= 15 is 0 Å². The van der Waals surface area contributed by atoms with E-state index in [0.717, 1.165) is 52.2 Å². The van der Waals surface area contributed by atoms with E-state index in [9.17, 15) is 105 Å². The molecule has 11 heterocycles. The number of carbonyl (C=O) groups excluding carboxylic acids is 12. The fourth-order valence-electron chi connectivity index (χ4n) is 13.6. The molecule has 0 bridgehead atoms. The lowest BCUT2D eigenvalue weighted by Gasteiger charge is -2.26. The van der Waals surface area contributed by atoms with E-state index in [1.54, 1.807) is 72.8 Å². The van der Waals surface area contributed by atoms with Crippen molar-refractivity contribution in [1.29, 1.82) is 0 Å². The first-order chi connectivity index (χ1) is 59.0. The number of nitrogens with zero attached hydrogens (tertiary/aromatic N) is 4. The van der Waals surface area contributed by atoms with Crippen molar-refractivity contribution < 1.29 is 124 Å². The van der Waals surface area contributed by atoms with Crippen molar-refractivity contribution in [3.8, 4) is 70.4 Å². The molecule has 644 valence electrons. The average Bonchev–Trinajstić information content (AvgIpc) is 1.63. The van der Waals surface area contributed by atoms with Crippen LogP contribution >= 0.6 is 34.0 Å². The smallest absolute Gasteiger partial charge is 0.425 e. The third kappa shape index (κ3) is 18.8. The van der Waals surface area contributed by atoms with Crippen molar-refractivity contribution in [2.45, 2.75) is 71.3 Å². The lowest BCUT2D eigenvalue weighted by Crippen LogP contribution is -2.54. The maximum Gasteiger partial charge on any atom is 0.425 e. The van der Waals surface area contributed by atoms with Gasteiger partial charge in [0.2, 0.25) is 22.2 Å². The summed E-state index contributed by atoms with van der Waals surface area (Å²) in [7, 11) is 2.53. The lowest BCUT2D eigenvalue weighted by molar-refractivity contribution is -0.138. The summed E-state index contributed by atoms with van der Waals surface area (Å²) in [5, 5.41) is 19.6. The predicted molar refractivity (Wildman–Crippen MR) is 423 cm³/mol. The molecule has 16 rings (SSSR count). The number of alkyl halides is 8. The van der Waals surface area contributed by atoms with E-state index < -0.39 is 126 Å². The standard InChI is InChI=1S/C22H15F4N3O4.C20H14F3N3O4S.C20H15F2N3O4S.C20H17N3O6S2/c1-33-15-5-3-13-10-29(18(30)16(13)9-15)11-21(19(31)27-20(32)28-21)7-6-12-2-4-14(8-17(12)23)22(24,25)26;1-30-12-3-2-11-9-26(16(27)14(11)8-12)10-19(17(28)24-18(29)25-19)7-6-13-4-5-15(31-13)20(21,22)23;1-29-13-3-2-12-8-25(17(26)14(12)7-13)10-20(18(27)23-19(28)24-20)5-4-11-6-15(16(21)22)30-9-11;1-29-13-4-3-12-10-23(17(24)15(12)9-13)11-20(18(25)21-19(26)22-20)8-7-14-5-6-16(30-14)31(2,27)28/h2-5,8-9H,10-11H2,1H3,(H2,27,28,31,32);2-5,8H,9-10H2,1H3,(H2,24,25,28,29);2-3,6-7,9,16H,8,10H2,1H3,(H2,23,24,27,28);3-6,9H,10-11H2,1-2H3,(H2,21,22,25,26)/t21-;19-;2*20-/m1111/s1. The molecule has 8 aromatic rings. The summed E-state index contributed by atoms with van der Waals surface area (Å²) in [6, 6.07) is 25.1. The Morgan fingerprint density at radius 1 is 0.432 bits per heavy atom. The van der Waals surface area contributed by atoms with Crippen molar-refractivity contribution in [2.75, 3.05) is 60.9 Å². The van der Waals surface area contributed by atoms with E-state index in [4.69, 9.17) is 18.9 Å². The first kappa shape index (κ1) is 88.4. The Bertz CT molecular complexity index is 6330. The Morgan fingerprint density at radius 3 is 1.06 bits per heavy atom. The highest BCUT2D eigenvalue weighted by atomic mass is 32.2. The Balaban J connectivity index is 0.000000143. The highest BCUT2D eigenvalue weighted by Gasteiger charge is 2.53. The number of imide groups is 4. The molecular weight excluding hydrogens is 1740 g/mol. The number of amides is 16. The highest BCUT2D eigenvalue weighted by Crippen LogP contribution is 2.38. The number of halogens is 9. The number of carbonyl (C=O) groups is 12. The molecule has 3 aromatic heterocycles. The quantitative estimate of drug-likeness (QED) is 0.0292. The van der Waals surface area contributed by atoms with Crippen LogP contribution in [0.1, 0.15) is 106 Å². The predicted octanol–water partition coefficient (Wildman–Crippen LogP) is 7.83. The number of hydrogen-bond acceptors (Lipinski definition) is 21. The summed E-state index contributed by atoms with van der Waals surface area (Å²) in [6.07, 6.45) is -10.8. The minimum atomic E-state index is -4.73. The molecule has 4 fully saturated rings. The van der Waals surface area contributed by atoms with Crippen LogP contribution in [0.2, 0.25) is 0 Å². The number of urea groups is 4. The number of nitrogens with one attached hydrogen (secondary N) is 8. The van der Waals surface area contributed by atoms with Gasteiger partial charge < -0.3 is 59.8 Å². The lowest BCUT2D eigenvalue weighted by atomic mass is 9.98. The molecule has 5 aromatic carbocycles. The van der Waals surface area contributed by atoms with Crippen LogP contribution in [0.3, 0.4) is 0 Å². The number of ether oxygens (including phenoxy) is 4. The molecule has 43 heteroatoms. The molecular formula is C82H61F9N12O18S4. The van der Waals surface area contributed by atoms with Crippen LogP contribution in [-0.4, -0.2) is 182 Å². The molecule has 8 aliphatic heterocycles. The van der Waals surface area contributed by atoms with Gasteiger partial charge in [-0.05, 0) is 119 Å². The number of rotatable bonds is 14. The molecule has 0 spiro atoms. The maximum atomic E-state index is 14.2. The monoisotopic (exact) mass is 1800 g/mol. The highest BCUT2D eigenvalue weighted by molar-refractivity contribution is 7.92. The zero-order valence-electron chi connectivity index (χ0n) is 65.0. The van der Waals surface area contributed by atoms with E-state index in [2.05, 4.69) is 84.6 Å². The van der Waals surface area contributed by atoms with E-state index in [1.165, 1.54) is 77.7 Å². The maximum absolute atomic E-state index is 14.2. The van der Waals surface area contributed by atoms with Crippen molar-refractivity contribution in [3.63, 3.8) is 0 Å². The fourth-order valence-corrected chi connectivity index (χ4v) is 16.8. The summed E-state index contributed by atoms with van der Waals surface area (Å²) >= 11 is 2.24. The van der Waals surface area contributed by atoms with E-state index in [1.807, 2.05) is 5.32 Å². The molecule has 8 N–H and O–H groups in total. The van der Waals surface area contributed by atoms with Gasteiger partial charge in [-0.2, -0.15) is 26.3 Å². The van der Waals surface area contributed by atoms with Crippen molar-refractivity contribution in [2.24, 2.45) is 0 Å². The second kappa shape index (κ2) is 34.5. The minimum absolute atomic E-state index is 0.0708. The molecule has 0 unspecified atom stereocenters. The van der Waals surface area contributed by atoms with Gasteiger partial charge in [0.15, 0.2) is 9.84 Å². The summed E-state index contributed by atoms with van der Waals surface area (Å²) in [4.78, 5) is 154. The second-order valence-corrected chi connectivity index (χ2v) is 33.6. The fraction of sp³-hybridized carbons (Fsp3) is 0.244. The molecule has 0 radical (unpaired) electrons. The van der Waals surface area contributed by atoms with Gasteiger partial charge in [-0.3, -0.25) is 59.6 Å². The Hall–Kier alpha value is -14.4. The van der Waals surface area contributed by atoms with Crippen LogP contribution < -0.4 is 61.5 Å². The van der Waals surface area contributed by atoms with Crippen molar-refractivity contribution in [3.05, 3.63) is 213 Å². The van der Waals surface area contributed by atoms with Gasteiger partial charge in [-0.15, -0.1) is 34.0 Å². The first-order valence-corrected chi connectivity index (χ1v) is 40.7. The van der Waals surface area contributed by atoms with Gasteiger partial charge in [-0.25, -0.2) is 40.8 Å². The van der Waals surface area contributed by atoms with Gasteiger partial charge in [0.25, 0.3) is 53.7 Å². The van der Waals surface area contributed by atoms with Gasteiger partial charge in [0, 0.05) is 65.6 Å². The van der Waals surface area contributed by atoms with Gasteiger partial charge >= 0.3 is 36.5 Å². The molecule has 4 atom stereocenters. The third-order valence-corrected chi connectivity index (χ3v) is 24.7. The van der Waals surface area contributed by atoms with Crippen LogP contribution in [0.25, 0.3) is 0 Å². The number of sulfone groups is 1. The molecule has 30 nitrogen and oxygen atoms in total. The number of fused-ring (bicyclic) bond motifs is 4. The van der Waals surface area contributed by atoms with Crippen molar-refractivity contribution >= 4 is 115 Å². The summed E-state index contributed by atoms with van der Waals surface area (Å²) < 4.78 is 161. The number of thiophene rings is 3. The molecule has 4 saturated heterocycles. The average molecular weight is 1800 g/mol. The normalized spacial score (nSPS) is 19.9. The van der Waals surface area contributed by atoms with Gasteiger partial charge in [0.05, 0.1) is 80.4 Å². The molecule has 125 heavy (non-hydrogen) atoms. The van der Waals surface area contributed by atoms with Gasteiger partial charge in [0.1, 0.15) is 37.9 Å². The largest absolute Gasteiger partial charge is 0.497 e. The van der Waals surface area contributed by atoms with Crippen LogP contribution in [0.4, 0.5) is 58.7 Å². The van der Waals surface area contributed by atoms with Crippen molar-refractivity contribution in [1.82, 2.24) is 62.1 Å². The topological polar surface area (TPSA) is 385 Å². The minimum Gasteiger partial charge on any atom is -0.497 e.